The molecule has 0 aliphatic carbocycles. The number of H-pyrrole nitrogens is 1. The van der Waals surface area contributed by atoms with E-state index >= 15 is 0 Å². The van der Waals surface area contributed by atoms with E-state index in [9.17, 15) is 14.4 Å². The van der Waals surface area contributed by atoms with Crippen LogP contribution in [0.2, 0.25) is 0 Å². The molecule has 2 aliphatic rings. The van der Waals surface area contributed by atoms with Gasteiger partial charge in [-0.1, -0.05) is 0 Å². The number of likely N-dealkylation sites (tertiary alicyclic amines) is 2. The molecular formula is C17H22N6O3. The molecule has 0 bridgehead atoms. The first-order valence-electron chi connectivity index (χ1n) is 9.07. The first-order valence-corrected chi connectivity index (χ1v) is 9.07. The molecule has 0 atom stereocenters. The van der Waals surface area contributed by atoms with Gasteiger partial charge in [-0.25, -0.2) is 4.98 Å². The molecule has 2 aromatic rings. The van der Waals surface area contributed by atoms with Crippen molar-refractivity contribution < 1.29 is 9.59 Å². The van der Waals surface area contributed by atoms with Crippen LogP contribution in [0.3, 0.4) is 0 Å². The number of carbonyl (C=O) groups is 2. The fourth-order valence-electron chi connectivity index (χ4n) is 3.81. The van der Waals surface area contributed by atoms with Crippen LogP contribution in [-0.2, 0) is 4.79 Å². The van der Waals surface area contributed by atoms with E-state index in [2.05, 4.69) is 15.1 Å². The number of nitrogens with zero attached hydrogens (tertiary/aromatic N) is 5. The molecule has 0 saturated carbocycles. The third kappa shape index (κ3) is 2.87. The molecule has 26 heavy (non-hydrogen) atoms. The zero-order chi connectivity index (χ0) is 18.3. The highest BCUT2D eigenvalue weighted by Gasteiger charge is 2.32. The Hall–Kier alpha value is -2.71. The van der Waals surface area contributed by atoms with Gasteiger partial charge in [0, 0.05) is 38.3 Å². The lowest BCUT2D eigenvalue weighted by Gasteiger charge is -2.33. The summed E-state index contributed by atoms with van der Waals surface area (Å²) in [7, 11) is 0. The molecule has 9 nitrogen and oxygen atoms in total. The van der Waals surface area contributed by atoms with Gasteiger partial charge in [0.2, 0.25) is 5.91 Å². The van der Waals surface area contributed by atoms with E-state index in [1.807, 2.05) is 4.90 Å². The first kappa shape index (κ1) is 16.7. The number of fused-ring (bicyclic) bond motifs is 1. The second-order valence-electron chi connectivity index (χ2n) is 7.02. The largest absolute Gasteiger partial charge is 0.342 e. The molecule has 0 spiro atoms. The minimum atomic E-state index is -0.448. The molecule has 4 rings (SSSR count). The topological polar surface area (TPSA) is 104 Å². The molecule has 1 N–H and O–H groups in total. The van der Waals surface area contributed by atoms with Crippen LogP contribution < -0.4 is 5.56 Å². The molecule has 2 aliphatic heterocycles. The summed E-state index contributed by atoms with van der Waals surface area (Å²) in [4.78, 5) is 49.5. The van der Waals surface area contributed by atoms with Crippen LogP contribution in [0, 0.1) is 12.8 Å². The Morgan fingerprint density at radius 1 is 1.12 bits per heavy atom. The average Bonchev–Trinajstić information content (AvgIpc) is 3.30. The Morgan fingerprint density at radius 3 is 2.50 bits per heavy atom. The van der Waals surface area contributed by atoms with Crippen molar-refractivity contribution in [3.8, 4) is 0 Å². The zero-order valence-corrected chi connectivity index (χ0v) is 14.8. The Balaban J connectivity index is 1.46. The van der Waals surface area contributed by atoms with Gasteiger partial charge in [0.25, 0.3) is 17.2 Å². The van der Waals surface area contributed by atoms with Gasteiger partial charge in [0.15, 0.2) is 0 Å². The van der Waals surface area contributed by atoms with Gasteiger partial charge in [-0.2, -0.15) is 9.50 Å². The number of nitrogens with one attached hydrogen (secondary N) is 1. The lowest BCUT2D eigenvalue weighted by molar-refractivity contribution is -0.135. The second-order valence-corrected chi connectivity index (χ2v) is 7.02. The summed E-state index contributed by atoms with van der Waals surface area (Å²) >= 11 is 0. The van der Waals surface area contributed by atoms with Crippen molar-refractivity contribution >= 4 is 17.6 Å². The molecule has 0 aromatic carbocycles. The van der Waals surface area contributed by atoms with Crippen LogP contribution in [0.1, 0.15) is 41.9 Å². The zero-order valence-electron chi connectivity index (χ0n) is 14.8. The monoisotopic (exact) mass is 358 g/mol. The molecule has 2 aromatic heterocycles. The predicted octanol–water partition coefficient (Wildman–Crippen LogP) is 0.201. The summed E-state index contributed by atoms with van der Waals surface area (Å²) in [5.74, 6) is 0.662. The molecule has 9 heteroatoms. The number of aromatic nitrogens is 4. The van der Waals surface area contributed by atoms with Crippen LogP contribution in [0.25, 0.3) is 5.78 Å². The van der Waals surface area contributed by atoms with Crippen LogP contribution in [0.5, 0.6) is 0 Å². The first-order chi connectivity index (χ1) is 12.5. The summed E-state index contributed by atoms with van der Waals surface area (Å²) in [5.41, 5.74) is -0.425. The standard InChI is InChI=1S/C17H22N6O3/c1-11-19-17-18-10-13(16(26)23(17)20-11)15(25)22-8-4-12(5-9-22)14(24)21-6-2-3-7-21/h10,12H,2-9H2,1H3,(H,18,19,20). The Morgan fingerprint density at radius 2 is 1.81 bits per heavy atom. The maximum absolute atomic E-state index is 12.7. The molecule has 2 amide bonds. The van der Waals surface area contributed by atoms with Crippen molar-refractivity contribution in [2.75, 3.05) is 26.2 Å². The van der Waals surface area contributed by atoms with Crippen LogP contribution in [0.4, 0.5) is 0 Å². The van der Waals surface area contributed by atoms with Gasteiger partial charge in [-0.3, -0.25) is 19.5 Å². The van der Waals surface area contributed by atoms with E-state index < -0.39 is 5.56 Å². The van der Waals surface area contributed by atoms with E-state index in [1.54, 1.807) is 11.8 Å². The summed E-state index contributed by atoms with van der Waals surface area (Å²) in [6, 6.07) is 0. The van der Waals surface area contributed by atoms with E-state index in [-0.39, 0.29) is 29.1 Å². The Labute approximate surface area is 150 Å². The number of piperidine rings is 1. The third-order valence-electron chi connectivity index (χ3n) is 5.26. The maximum atomic E-state index is 12.7. The summed E-state index contributed by atoms with van der Waals surface area (Å²) in [6.07, 6.45) is 4.73. The van der Waals surface area contributed by atoms with Gasteiger partial charge < -0.3 is 9.80 Å². The van der Waals surface area contributed by atoms with Gasteiger partial charge in [0.1, 0.15) is 11.4 Å². The van der Waals surface area contributed by atoms with Gasteiger partial charge in [-0.05, 0) is 32.6 Å². The van der Waals surface area contributed by atoms with E-state index in [0.29, 0.717) is 31.8 Å². The highest BCUT2D eigenvalue weighted by molar-refractivity contribution is 5.94. The third-order valence-corrected chi connectivity index (χ3v) is 5.26. The van der Waals surface area contributed by atoms with Gasteiger partial charge >= 0.3 is 0 Å². The molecule has 2 saturated heterocycles. The van der Waals surface area contributed by atoms with E-state index in [4.69, 9.17) is 0 Å². The number of rotatable bonds is 2. The van der Waals surface area contributed by atoms with Crippen molar-refractivity contribution in [1.29, 1.82) is 0 Å². The molecule has 138 valence electrons. The van der Waals surface area contributed by atoms with E-state index in [1.165, 1.54) is 10.7 Å². The van der Waals surface area contributed by atoms with Crippen molar-refractivity contribution in [3.63, 3.8) is 0 Å². The Bertz CT molecular complexity index is 903. The Kier molecular flexibility index (Phi) is 4.21. The number of amides is 2. The fourth-order valence-corrected chi connectivity index (χ4v) is 3.81. The molecule has 2 fully saturated rings. The normalized spacial score (nSPS) is 18.7. The summed E-state index contributed by atoms with van der Waals surface area (Å²) in [6.45, 7) is 4.38. The maximum Gasteiger partial charge on any atom is 0.286 e. The van der Waals surface area contributed by atoms with Crippen molar-refractivity contribution in [1.82, 2.24) is 29.4 Å². The molecule has 4 heterocycles. The number of carbonyl (C=O) groups excluding carboxylic acids is 2. The highest BCUT2D eigenvalue weighted by atomic mass is 16.2. The van der Waals surface area contributed by atoms with E-state index in [0.717, 1.165) is 25.9 Å². The number of aromatic amines is 1. The lowest BCUT2D eigenvalue weighted by Crippen LogP contribution is -2.45. The number of aryl methyl sites for hydroxylation is 1. The second kappa shape index (κ2) is 6.54. The quantitative estimate of drug-likeness (QED) is 0.826. The van der Waals surface area contributed by atoms with Gasteiger partial charge in [-0.15, -0.1) is 0 Å². The minimum absolute atomic E-state index is 0.0193. The smallest absolute Gasteiger partial charge is 0.286 e. The average molecular weight is 358 g/mol. The van der Waals surface area contributed by atoms with Crippen molar-refractivity contribution in [3.05, 3.63) is 27.9 Å². The lowest BCUT2D eigenvalue weighted by atomic mass is 9.95. The van der Waals surface area contributed by atoms with Gasteiger partial charge in [0.05, 0.1) is 0 Å². The highest BCUT2D eigenvalue weighted by Crippen LogP contribution is 2.22. The predicted molar refractivity (Wildman–Crippen MR) is 92.8 cm³/mol. The van der Waals surface area contributed by atoms with Crippen LogP contribution in [-0.4, -0.2) is 67.4 Å². The summed E-state index contributed by atoms with van der Waals surface area (Å²) in [5, 5.41) is 2.79. The number of hydrogen-bond acceptors (Lipinski definition) is 5. The molecule has 0 radical (unpaired) electrons. The van der Waals surface area contributed by atoms with Crippen LogP contribution in [0.15, 0.2) is 11.0 Å². The fraction of sp³-hybridized carbons (Fsp3) is 0.588. The van der Waals surface area contributed by atoms with Crippen molar-refractivity contribution in [2.45, 2.75) is 32.6 Å². The SMILES string of the molecule is Cc1nc2ncc(C(=O)N3CCC(C(=O)N4CCCC4)CC3)c(=O)n2[nH]1. The summed E-state index contributed by atoms with van der Waals surface area (Å²) < 4.78 is 1.19. The number of hydrogen-bond donors (Lipinski definition) is 1. The minimum Gasteiger partial charge on any atom is -0.342 e. The van der Waals surface area contributed by atoms with Crippen molar-refractivity contribution in [2.24, 2.45) is 5.92 Å². The van der Waals surface area contributed by atoms with Crippen LogP contribution >= 0.6 is 0 Å². The molecule has 0 unspecified atom stereocenters. The molecular weight excluding hydrogens is 336 g/mol.